The number of hydrogen-bond acceptors (Lipinski definition) is 5. The molecule has 5 nitrogen and oxygen atoms in total. The molecule has 0 aliphatic heterocycles. The summed E-state index contributed by atoms with van der Waals surface area (Å²) >= 11 is 0. The average molecular weight is 314 g/mol. The molecule has 0 aliphatic rings. The number of hydrogen-bond donors (Lipinski definition) is 0. The van der Waals surface area contributed by atoms with Crippen molar-refractivity contribution in [1.82, 2.24) is 0 Å². The lowest BCUT2D eigenvalue weighted by molar-refractivity contribution is -0.132. The molecule has 5 heteroatoms. The van der Waals surface area contributed by atoms with E-state index in [1.807, 2.05) is 36.4 Å². The van der Waals surface area contributed by atoms with Gasteiger partial charge in [-0.3, -0.25) is 0 Å². The number of ether oxygens (including phenoxy) is 4. The van der Waals surface area contributed by atoms with Gasteiger partial charge < -0.3 is 18.9 Å². The fourth-order valence-corrected chi connectivity index (χ4v) is 1.61. The molecular weight excluding hydrogens is 296 g/mol. The Labute approximate surface area is 135 Å². The van der Waals surface area contributed by atoms with E-state index in [1.54, 1.807) is 24.3 Å². The molecule has 0 atom stereocenters. The molecule has 0 N–H and O–H groups in total. The molecule has 0 heterocycles. The number of carbonyl (C=O) groups is 1. The molecule has 0 spiro atoms. The van der Waals surface area contributed by atoms with Crippen molar-refractivity contribution in [2.24, 2.45) is 0 Å². The van der Waals surface area contributed by atoms with Crippen molar-refractivity contribution in [3.8, 4) is 11.5 Å². The van der Waals surface area contributed by atoms with Crippen LogP contribution in [-0.4, -0.2) is 26.2 Å². The van der Waals surface area contributed by atoms with E-state index in [1.165, 1.54) is 0 Å². The highest BCUT2D eigenvalue weighted by atomic mass is 16.7. The van der Waals surface area contributed by atoms with Gasteiger partial charge in [-0.25, -0.2) is 4.79 Å². The van der Waals surface area contributed by atoms with E-state index >= 15 is 0 Å². The largest absolute Gasteiger partial charge is 0.467 e. The molecule has 0 saturated carbocycles. The fourth-order valence-electron chi connectivity index (χ4n) is 1.61. The number of rotatable bonds is 9. The van der Waals surface area contributed by atoms with Gasteiger partial charge in [0.2, 0.25) is 0 Å². The van der Waals surface area contributed by atoms with E-state index in [9.17, 15) is 4.79 Å². The van der Waals surface area contributed by atoms with Gasteiger partial charge in [-0.15, -0.1) is 0 Å². The highest BCUT2D eigenvalue weighted by Gasteiger charge is 2.09. The molecular formula is C18H18O5. The normalized spacial score (nSPS) is 10.1. The van der Waals surface area contributed by atoms with E-state index in [2.05, 4.69) is 6.58 Å². The third kappa shape index (κ3) is 6.34. The van der Waals surface area contributed by atoms with Gasteiger partial charge in [0, 0.05) is 0 Å². The Balaban J connectivity index is 1.57. The first-order chi connectivity index (χ1) is 11.3. The Morgan fingerprint density at radius 2 is 1.43 bits per heavy atom. The van der Waals surface area contributed by atoms with Crippen molar-refractivity contribution < 1.29 is 23.7 Å². The van der Waals surface area contributed by atoms with Crippen LogP contribution in [0.3, 0.4) is 0 Å². The first-order valence-electron chi connectivity index (χ1n) is 7.04. The van der Waals surface area contributed by atoms with Crippen LogP contribution in [-0.2, 0) is 14.3 Å². The van der Waals surface area contributed by atoms with Crippen LogP contribution in [0.25, 0.3) is 0 Å². The van der Waals surface area contributed by atoms with Crippen LogP contribution < -0.4 is 9.47 Å². The summed E-state index contributed by atoms with van der Waals surface area (Å²) in [4.78, 5) is 11.8. The standard InChI is InChI=1S/C18H18O5/c1-15(18(19)23-17-10-6-3-7-11-17)12-20-13-21-14-22-16-8-4-2-5-9-16/h2-11H,1,12-14H2. The Hall–Kier alpha value is -2.63. The second-order valence-corrected chi connectivity index (χ2v) is 4.55. The van der Waals surface area contributed by atoms with Gasteiger partial charge in [0.15, 0.2) is 13.6 Å². The minimum atomic E-state index is -0.531. The van der Waals surface area contributed by atoms with Crippen LogP contribution in [0.5, 0.6) is 11.5 Å². The maximum absolute atomic E-state index is 11.8. The van der Waals surface area contributed by atoms with Crippen molar-refractivity contribution >= 4 is 5.97 Å². The van der Waals surface area contributed by atoms with Crippen LogP contribution in [0.4, 0.5) is 0 Å². The van der Waals surface area contributed by atoms with E-state index in [0.717, 1.165) is 0 Å². The molecule has 0 amide bonds. The minimum absolute atomic E-state index is 0.00945. The Bertz CT molecular complexity index is 610. The van der Waals surface area contributed by atoms with Gasteiger partial charge in [-0.1, -0.05) is 43.0 Å². The van der Waals surface area contributed by atoms with E-state index < -0.39 is 5.97 Å². The third-order valence-electron chi connectivity index (χ3n) is 2.74. The summed E-state index contributed by atoms with van der Waals surface area (Å²) in [5.41, 5.74) is 0.210. The second kappa shape index (κ2) is 9.40. The highest BCUT2D eigenvalue weighted by molar-refractivity contribution is 5.89. The van der Waals surface area contributed by atoms with Crippen molar-refractivity contribution in [2.45, 2.75) is 0 Å². The molecule has 2 aromatic rings. The lowest BCUT2D eigenvalue weighted by Gasteiger charge is -2.09. The SMILES string of the molecule is C=C(COCOCOc1ccccc1)C(=O)Oc1ccccc1. The van der Waals surface area contributed by atoms with Crippen molar-refractivity contribution in [2.75, 3.05) is 20.2 Å². The topological polar surface area (TPSA) is 54.0 Å². The lowest BCUT2D eigenvalue weighted by atomic mass is 10.3. The van der Waals surface area contributed by atoms with Crippen molar-refractivity contribution in [3.63, 3.8) is 0 Å². The van der Waals surface area contributed by atoms with E-state index in [-0.39, 0.29) is 25.8 Å². The van der Waals surface area contributed by atoms with E-state index in [4.69, 9.17) is 18.9 Å². The summed E-state index contributed by atoms with van der Waals surface area (Å²) in [7, 11) is 0. The monoisotopic (exact) mass is 314 g/mol. The molecule has 2 aromatic carbocycles. The van der Waals surface area contributed by atoms with Gasteiger partial charge in [-0.2, -0.15) is 0 Å². The molecule has 0 aromatic heterocycles. The van der Waals surface area contributed by atoms with Gasteiger partial charge in [-0.05, 0) is 24.3 Å². The molecule has 120 valence electrons. The first kappa shape index (κ1) is 16.7. The lowest BCUT2D eigenvalue weighted by Crippen LogP contribution is -2.16. The van der Waals surface area contributed by atoms with Crippen LogP contribution in [0.1, 0.15) is 0 Å². The van der Waals surface area contributed by atoms with Gasteiger partial charge >= 0.3 is 5.97 Å². The van der Waals surface area contributed by atoms with Crippen molar-refractivity contribution in [3.05, 3.63) is 72.8 Å². The molecule has 2 rings (SSSR count). The average Bonchev–Trinajstić information content (AvgIpc) is 2.59. The number of esters is 1. The van der Waals surface area contributed by atoms with Crippen LogP contribution in [0, 0.1) is 0 Å². The quantitative estimate of drug-likeness (QED) is 0.234. The summed E-state index contributed by atoms with van der Waals surface area (Å²) < 4.78 is 20.8. The first-order valence-corrected chi connectivity index (χ1v) is 7.04. The Morgan fingerprint density at radius 3 is 2.09 bits per heavy atom. The van der Waals surface area contributed by atoms with E-state index in [0.29, 0.717) is 11.5 Å². The number of para-hydroxylation sites is 2. The van der Waals surface area contributed by atoms with Crippen molar-refractivity contribution in [1.29, 1.82) is 0 Å². The molecule has 0 fully saturated rings. The maximum Gasteiger partial charge on any atom is 0.341 e. The van der Waals surface area contributed by atoms with Crippen LogP contribution in [0.2, 0.25) is 0 Å². The van der Waals surface area contributed by atoms with Gasteiger partial charge in [0.1, 0.15) is 11.5 Å². The molecule has 23 heavy (non-hydrogen) atoms. The summed E-state index contributed by atoms with van der Waals surface area (Å²) in [6, 6.07) is 18.1. The second-order valence-electron chi connectivity index (χ2n) is 4.55. The summed E-state index contributed by atoms with van der Waals surface area (Å²) in [6.07, 6.45) is 0. The predicted molar refractivity (Wildman–Crippen MR) is 85.1 cm³/mol. The molecule has 0 unspecified atom stereocenters. The zero-order valence-electron chi connectivity index (χ0n) is 12.6. The molecule has 0 saturated heterocycles. The molecule has 0 bridgehead atoms. The third-order valence-corrected chi connectivity index (χ3v) is 2.74. The Kier molecular flexibility index (Phi) is 6.84. The molecule has 0 aliphatic carbocycles. The number of benzene rings is 2. The van der Waals surface area contributed by atoms with Crippen LogP contribution in [0.15, 0.2) is 72.8 Å². The fraction of sp³-hybridized carbons (Fsp3) is 0.167. The smallest absolute Gasteiger partial charge is 0.341 e. The number of carbonyl (C=O) groups excluding carboxylic acids is 1. The van der Waals surface area contributed by atoms with Gasteiger partial charge in [0.05, 0.1) is 12.2 Å². The zero-order chi connectivity index (χ0) is 16.3. The van der Waals surface area contributed by atoms with Gasteiger partial charge in [0.25, 0.3) is 0 Å². The summed E-state index contributed by atoms with van der Waals surface area (Å²) in [5, 5.41) is 0. The highest BCUT2D eigenvalue weighted by Crippen LogP contribution is 2.10. The summed E-state index contributed by atoms with van der Waals surface area (Å²) in [6.45, 7) is 3.71. The molecule has 0 radical (unpaired) electrons. The zero-order valence-corrected chi connectivity index (χ0v) is 12.6. The minimum Gasteiger partial charge on any atom is -0.467 e. The predicted octanol–water partition coefficient (Wildman–Crippen LogP) is 3.18. The summed E-state index contributed by atoms with van der Waals surface area (Å²) in [5.74, 6) is 0.645. The van der Waals surface area contributed by atoms with Crippen LogP contribution >= 0.6 is 0 Å². The maximum atomic E-state index is 11.8. The Morgan fingerprint density at radius 1 is 0.826 bits per heavy atom.